The molecule has 0 bridgehead atoms. The van der Waals surface area contributed by atoms with Gasteiger partial charge in [-0.05, 0) is 60.0 Å². The number of anilines is 1. The summed E-state index contributed by atoms with van der Waals surface area (Å²) in [4.78, 5) is 4.88. The highest BCUT2D eigenvalue weighted by atomic mass is 35.5. The number of rotatable bonds is 5. The summed E-state index contributed by atoms with van der Waals surface area (Å²) in [7, 11) is 0. The first-order valence-corrected chi connectivity index (χ1v) is 11.8. The lowest BCUT2D eigenvalue weighted by atomic mass is 10.0. The van der Waals surface area contributed by atoms with E-state index in [4.69, 9.17) is 44.3 Å². The largest absolute Gasteiger partial charge is 0.454 e. The van der Waals surface area contributed by atoms with Crippen molar-refractivity contribution in [3.63, 3.8) is 0 Å². The first kappa shape index (κ1) is 21.7. The summed E-state index contributed by atoms with van der Waals surface area (Å²) >= 11 is 18.9. The molecule has 32 heavy (non-hydrogen) atoms. The zero-order valence-electron chi connectivity index (χ0n) is 17.4. The molecular weight excluding hydrogens is 467 g/mol. The minimum absolute atomic E-state index is 0.163. The number of hydrogen-bond donors (Lipinski definition) is 0. The summed E-state index contributed by atoms with van der Waals surface area (Å²) in [5.74, 6) is 1.66. The molecule has 1 saturated heterocycles. The minimum atomic E-state index is 0.163. The van der Waals surface area contributed by atoms with Crippen LogP contribution in [-0.2, 0) is 6.42 Å². The molecule has 2 heterocycles. The van der Waals surface area contributed by atoms with E-state index in [2.05, 4.69) is 34.1 Å². The fourth-order valence-electron chi connectivity index (χ4n) is 4.40. The maximum Gasteiger partial charge on any atom is 0.231 e. The van der Waals surface area contributed by atoms with Gasteiger partial charge in [0.15, 0.2) is 11.5 Å². The van der Waals surface area contributed by atoms with Crippen molar-refractivity contribution in [3.8, 4) is 11.5 Å². The first-order valence-electron chi connectivity index (χ1n) is 10.6. The van der Waals surface area contributed by atoms with Gasteiger partial charge in [0.1, 0.15) is 0 Å². The third-order valence-corrected chi connectivity index (χ3v) is 6.88. The van der Waals surface area contributed by atoms with E-state index in [1.54, 1.807) is 0 Å². The molecule has 0 N–H and O–H groups in total. The van der Waals surface area contributed by atoms with Crippen molar-refractivity contribution in [3.05, 3.63) is 86.9 Å². The van der Waals surface area contributed by atoms with Crippen molar-refractivity contribution < 1.29 is 9.47 Å². The van der Waals surface area contributed by atoms with Gasteiger partial charge in [-0.2, -0.15) is 0 Å². The third kappa shape index (κ3) is 4.65. The number of hydrogen-bond acceptors (Lipinski definition) is 4. The van der Waals surface area contributed by atoms with Gasteiger partial charge in [-0.25, -0.2) is 0 Å². The van der Waals surface area contributed by atoms with Crippen LogP contribution in [0.3, 0.4) is 0 Å². The quantitative estimate of drug-likeness (QED) is 0.409. The third-order valence-electron chi connectivity index (χ3n) is 6.09. The molecule has 166 valence electrons. The van der Waals surface area contributed by atoms with Gasteiger partial charge in [-0.1, -0.05) is 53.0 Å². The summed E-state index contributed by atoms with van der Waals surface area (Å²) < 4.78 is 10.9. The highest BCUT2D eigenvalue weighted by Gasteiger charge is 2.29. The fraction of sp³-hybridized carbons (Fsp3) is 0.280. The number of piperazine rings is 1. The lowest BCUT2D eigenvalue weighted by Gasteiger charge is -2.43. The molecule has 0 aromatic heterocycles. The van der Waals surface area contributed by atoms with Crippen molar-refractivity contribution in [1.82, 2.24) is 4.90 Å². The molecule has 0 radical (unpaired) electrons. The SMILES string of the molecule is Clc1ccc([C@@H]2CN(CCc3ccc4c(c3)OCO4)CCN2c2ccc(Cl)cc2Cl)cc1. The molecule has 2 aliphatic rings. The fourth-order valence-corrected chi connectivity index (χ4v) is 5.04. The average Bonchev–Trinajstić information content (AvgIpc) is 3.26. The molecule has 0 spiro atoms. The summed E-state index contributed by atoms with van der Waals surface area (Å²) in [6.45, 7) is 3.98. The Morgan fingerprint density at radius 3 is 2.41 bits per heavy atom. The zero-order chi connectivity index (χ0) is 22.1. The maximum atomic E-state index is 6.58. The van der Waals surface area contributed by atoms with E-state index in [-0.39, 0.29) is 6.04 Å². The second kappa shape index (κ2) is 9.40. The van der Waals surface area contributed by atoms with E-state index in [1.807, 2.05) is 36.4 Å². The lowest BCUT2D eigenvalue weighted by Crippen LogP contribution is -2.49. The van der Waals surface area contributed by atoms with Gasteiger partial charge in [0.2, 0.25) is 6.79 Å². The first-order chi connectivity index (χ1) is 15.6. The molecule has 3 aromatic carbocycles. The Bertz CT molecular complexity index is 1110. The Balaban J connectivity index is 1.34. The van der Waals surface area contributed by atoms with Crippen LogP contribution in [0.25, 0.3) is 0 Å². The van der Waals surface area contributed by atoms with Crippen LogP contribution in [0.1, 0.15) is 17.2 Å². The summed E-state index contributed by atoms with van der Waals surface area (Å²) in [6, 6.07) is 20.2. The highest BCUT2D eigenvalue weighted by Crippen LogP contribution is 2.37. The Morgan fingerprint density at radius 1 is 0.812 bits per heavy atom. The number of ether oxygens (including phenoxy) is 2. The molecule has 5 rings (SSSR count). The number of benzene rings is 3. The number of nitrogens with zero attached hydrogens (tertiary/aromatic N) is 2. The van der Waals surface area contributed by atoms with Gasteiger partial charge >= 0.3 is 0 Å². The van der Waals surface area contributed by atoms with Crippen LogP contribution >= 0.6 is 34.8 Å². The van der Waals surface area contributed by atoms with Crippen molar-refractivity contribution in [1.29, 1.82) is 0 Å². The Kier molecular flexibility index (Phi) is 6.38. The molecule has 2 aliphatic heterocycles. The molecule has 1 fully saturated rings. The van der Waals surface area contributed by atoms with E-state index < -0.39 is 0 Å². The molecule has 4 nitrogen and oxygen atoms in total. The summed E-state index contributed by atoms with van der Waals surface area (Å²) in [6.07, 6.45) is 0.950. The van der Waals surface area contributed by atoms with Gasteiger partial charge in [0, 0.05) is 36.2 Å². The highest BCUT2D eigenvalue weighted by molar-refractivity contribution is 6.36. The monoisotopic (exact) mass is 488 g/mol. The van der Waals surface area contributed by atoms with Crippen molar-refractivity contribution in [2.45, 2.75) is 12.5 Å². The Morgan fingerprint density at radius 2 is 1.59 bits per heavy atom. The Hall–Kier alpha value is -2.11. The topological polar surface area (TPSA) is 24.9 Å². The number of halogens is 3. The van der Waals surface area contributed by atoms with Crippen molar-refractivity contribution >= 4 is 40.5 Å². The molecule has 1 atom stereocenters. The molecule has 0 amide bonds. The van der Waals surface area contributed by atoms with E-state index >= 15 is 0 Å². The van der Waals surface area contributed by atoms with Gasteiger partial charge in [-0.15, -0.1) is 0 Å². The number of fused-ring (bicyclic) bond motifs is 1. The molecule has 7 heteroatoms. The van der Waals surface area contributed by atoms with Gasteiger partial charge in [0.05, 0.1) is 16.8 Å². The van der Waals surface area contributed by atoms with Crippen LogP contribution in [0.15, 0.2) is 60.7 Å². The minimum Gasteiger partial charge on any atom is -0.454 e. The van der Waals surface area contributed by atoms with E-state index in [0.717, 1.165) is 54.8 Å². The zero-order valence-corrected chi connectivity index (χ0v) is 19.7. The molecule has 0 unspecified atom stereocenters. The maximum absolute atomic E-state index is 6.58. The van der Waals surface area contributed by atoms with Crippen LogP contribution in [0.4, 0.5) is 5.69 Å². The van der Waals surface area contributed by atoms with E-state index in [9.17, 15) is 0 Å². The van der Waals surface area contributed by atoms with Gasteiger partial charge in [0.25, 0.3) is 0 Å². The van der Waals surface area contributed by atoms with Crippen LogP contribution in [0.2, 0.25) is 15.1 Å². The van der Waals surface area contributed by atoms with Crippen molar-refractivity contribution in [2.75, 3.05) is 37.9 Å². The standard InChI is InChI=1S/C25H23Cl3N2O2/c26-19-4-2-18(3-5-19)23-15-29(10-9-17-1-8-24-25(13-17)32-16-31-24)11-12-30(23)22-7-6-20(27)14-21(22)28/h1-8,13-14,23H,9-12,15-16H2/t23-/m0/s1. The summed E-state index contributed by atoms with van der Waals surface area (Å²) in [5.41, 5.74) is 3.47. The lowest BCUT2D eigenvalue weighted by molar-refractivity contribution is 0.174. The van der Waals surface area contributed by atoms with Crippen LogP contribution in [0.5, 0.6) is 11.5 Å². The molecular formula is C25H23Cl3N2O2. The second-order valence-electron chi connectivity index (χ2n) is 8.09. The van der Waals surface area contributed by atoms with Crippen LogP contribution < -0.4 is 14.4 Å². The Labute approximate surface area is 203 Å². The average molecular weight is 490 g/mol. The van der Waals surface area contributed by atoms with Gasteiger partial charge in [-0.3, -0.25) is 4.90 Å². The van der Waals surface area contributed by atoms with E-state index in [1.165, 1.54) is 11.1 Å². The van der Waals surface area contributed by atoms with Crippen molar-refractivity contribution in [2.24, 2.45) is 0 Å². The van der Waals surface area contributed by atoms with Crippen LogP contribution in [-0.4, -0.2) is 37.9 Å². The summed E-state index contributed by atoms with van der Waals surface area (Å²) in [5, 5.41) is 2.05. The van der Waals surface area contributed by atoms with Gasteiger partial charge < -0.3 is 14.4 Å². The van der Waals surface area contributed by atoms with E-state index in [0.29, 0.717) is 16.8 Å². The van der Waals surface area contributed by atoms with Crippen LogP contribution in [0, 0.1) is 0 Å². The smallest absolute Gasteiger partial charge is 0.231 e. The predicted molar refractivity (Wildman–Crippen MR) is 131 cm³/mol. The molecule has 3 aromatic rings. The molecule has 0 aliphatic carbocycles. The second-order valence-corrected chi connectivity index (χ2v) is 9.37. The predicted octanol–water partition coefficient (Wildman–Crippen LogP) is 6.48. The molecule has 0 saturated carbocycles. The normalized spacial score (nSPS) is 18.2.